The van der Waals surface area contributed by atoms with Crippen LogP contribution in [0.1, 0.15) is 4.88 Å². The summed E-state index contributed by atoms with van der Waals surface area (Å²) < 4.78 is 0. The fraction of sp³-hybridized carbons (Fsp3) is 0.700. The first-order chi connectivity index (χ1) is 7.45. The van der Waals surface area contributed by atoms with E-state index < -0.39 is 0 Å². The van der Waals surface area contributed by atoms with Crippen molar-refractivity contribution in [1.82, 2.24) is 15.2 Å². The Hall–Kier alpha value is -0.100. The first kappa shape index (κ1) is 11.4. The monoisotopic (exact) mass is 243 g/mol. The molecular formula is C10H17N3S2. The van der Waals surface area contributed by atoms with Gasteiger partial charge in [0.05, 0.1) is 5.51 Å². The Morgan fingerprint density at radius 3 is 3.00 bits per heavy atom. The van der Waals surface area contributed by atoms with Gasteiger partial charge in [-0.05, 0) is 0 Å². The molecule has 84 valence electrons. The average molecular weight is 243 g/mol. The summed E-state index contributed by atoms with van der Waals surface area (Å²) in [5.41, 5.74) is 1.89. The van der Waals surface area contributed by atoms with E-state index in [1.807, 2.05) is 11.7 Å². The smallest absolute Gasteiger partial charge is 0.0794 e. The van der Waals surface area contributed by atoms with Crippen molar-refractivity contribution in [3.8, 4) is 0 Å². The SMILES string of the molecule is c1ncc(CNCCN2CCSCC2)s1. The van der Waals surface area contributed by atoms with Crippen molar-refractivity contribution in [2.24, 2.45) is 0 Å². The van der Waals surface area contributed by atoms with Gasteiger partial charge in [-0.1, -0.05) is 0 Å². The van der Waals surface area contributed by atoms with Crippen LogP contribution in [0, 0.1) is 0 Å². The van der Waals surface area contributed by atoms with Crippen molar-refractivity contribution in [3.05, 3.63) is 16.6 Å². The van der Waals surface area contributed by atoms with E-state index in [0.29, 0.717) is 0 Å². The van der Waals surface area contributed by atoms with Crippen molar-refractivity contribution in [1.29, 1.82) is 0 Å². The van der Waals surface area contributed by atoms with E-state index in [1.54, 1.807) is 11.3 Å². The molecule has 5 heteroatoms. The molecule has 1 aliphatic heterocycles. The number of rotatable bonds is 5. The normalized spacial score (nSPS) is 18.1. The van der Waals surface area contributed by atoms with Gasteiger partial charge in [0.15, 0.2) is 0 Å². The van der Waals surface area contributed by atoms with Crippen LogP contribution in [0.5, 0.6) is 0 Å². The van der Waals surface area contributed by atoms with Crippen molar-refractivity contribution in [2.45, 2.75) is 6.54 Å². The lowest BCUT2D eigenvalue weighted by Gasteiger charge is -2.25. The van der Waals surface area contributed by atoms with Crippen molar-refractivity contribution in [2.75, 3.05) is 37.7 Å². The molecule has 0 aromatic carbocycles. The molecule has 0 spiro atoms. The third-order valence-corrected chi connectivity index (χ3v) is 4.21. The molecule has 0 radical (unpaired) electrons. The second-order valence-corrected chi connectivity index (χ2v) is 5.79. The summed E-state index contributed by atoms with van der Waals surface area (Å²) in [6, 6.07) is 0. The number of aromatic nitrogens is 1. The topological polar surface area (TPSA) is 28.2 Å². The van der Waals surface area contributed by atoms with E-state index >= 15 is 0 Å². The number of thioether (sulfide) groups is 1. The van der Waals surface area contributed by atoms with Crippen LogP contribution in [0.3, 0.4) is 0 Å². The van der Waals surface area contributed by atoms with Crippen LogP contribution in [0.25, 0.3) is 0 Å². The van der Waals surface area contributed by atoms with Crippen LogP contribution in [0.4, 0.5) is 0 Å². The minimum atomic E-state index is 0.966. The maximum Gasteiger partial charge on any atom is 0.0794 e. The van der Waals surface area contributed by atoms with Crippen molar-refractivity contribution in [3.63, 3.8) is 0 Å². The summed E-state index contributed by atoms with van der Waals surface area (Å²) in [6.07, 6.45) is 1.94. The van der Waals surface area contributed by atoms with Gasteiger partial charge in [0, 0.05) is 55.3 Å². The van der Waals surface area contributed by atoms with E-state index in [2.05, 4.69) is 27.0 Å². The molecule has 1 N–H and O–H groups in total. The molecule has 1 saturated heterocycles. The summed E-state index contributed by atoms with van der Waals surface area (Å²) in [5, 5.41) is 3.46. The molecule has 0 bridgehead atoms. The first-order valence-corrected chi connectivity index (χ1v) is 7.37. The minimum Gasteiger partial charge on any atom is -0.311 e. The van der Waals surface area contributed by atoms with Gasteiger partial charge in [-0.3, -0.25) is 4.98 Å². The molecule has 1 aromatic heterocycles. The molecule has 0 amide bonds. The van der Waals surface area contributed by atoms with Crippen LogP contribution in [0.2, 0.25) is 0 Å². The van der Waals surface area contributed by atoms with Gasteiger partial charge >= 0.3 is 0 Å². The molecule has 3 nitrogen and oxygen atoms in total. The number of nitrogens with one attached hydrogen (secondary N) is 1. The molecule has 0 atom stereocenters. The molecule has 1 aromatic rings. The first-order valence-electron chi connectivity index (χ1n) is 5.33. The molecular weight excluding hydrogens is 226 g/mol. The molecule has 2 rings (SSSR count). The third kappa shape index (κ3) is 4.10. The van der Waals surface area contributed by atoms with E-state index in [1.165, 1.54) is 36.0 Å². The van der Waals surface area contributed by atoms with Gasteiger partial charge in [0.1, 0.15) is 0 Å². The maximum absolute atomic E-state index is 4.06. The van der Waals surface area contributed by atoms with Crippen LogP contribution in [0.15, 0.2) is 11.7 Å². The largest absolute Gasteiger partial charge is 0.311 e. The van der Waals surface area contributed by atoms with Gasteiger partial charge in [-0.2, -0.15) is 11.8 Å². The molecule has 0 aliphatic carbocycles. The Bertz CT molecular complexity index is 258. The Morgan fingerprint density at radius 2 is 2.27 bits per heavy atom. The Morgan fingerprint density at radius 1 is 1.40 bits per heavy atom. The zero-order valence-corrected chi connectivity index (χ0v) is 10.4. The third-order valence-electron chi connectivity index (χ3n) is 2.49. The van der Waals surface area contributed by atoms with Crippen LogP contribution >= 0.6 is 23.1 Å². The van der Waals surface area contributed by atoms with E-state index in [-0.39, 0.29) is 0 Å². The Labute approximate surface area is 99.3 Å². The average Bonchev–Trinajstić information content (AvgIpc) is 2.79. The number of thiazole rings is 1. The Kier molecular flexibility index (Phi) is 4.92. The lowest BCUT2D eigenvalue weighted by Crippen LogP contribution is -2.37. The van der Waals surface area contributed by atoms with Gasteiger partial charge in [-0.15, -0.1) is 11.3 Å². The molecule has 0 unspecified atom stereocenters. The lowest BCUT2D eigenvalue weighted by molar-refractivity contribution is 0.301. The van der Waals surface area contributed by atoms with Gasteiger partial charge in [-0.25, -0.2) is 0 Å². The predicted octanol–water partition coefficient (Wildman–Crippen LogP) is 1.28. The highest BCUT2D eigenvalue weighted by atomic mass is 32.2. The zero-order chi connectivity index (χ0) is 10.3. The molecule has 1 aliphatic rings. The highest BCUT2D eigenvalue weighted by Gasteiger charge is 2.08. The zero-order valence-electron chi connectivity index (χ0n) is 8.82. The van der Waals surface area contributed by atoms with E-state index in [4.69, 9.17) is 0 Å². The standard InChI is InChI=1S/C10H17N3S2/c1(2-13-3-5-14-6-4-13)11-7-10-8-12-9-15-10/h8-9,11H,1-7H2. The maximum atomic E-state index is 4.06. The molecule has 15 heavy (non-hydrogen) atoms. The van der Waals surface area contributed by atoms with Crippen LogP contribution in [-0.4, -0.2) is 47.6 Å². The summed E-state index contributed by atoms with van der Waals surface area (Å²) in [5.74, 6) is 2.60. The number of hydrogen-bond donors (Lipinski definition) is 1. The quantitative estimate of drug-likeness (QED) is 0.789. The number of hydrogen-bond acceptors (Lipinski definition) is 5. The molecule has 1 fully saturated rings. The van der Waals surface area contributed by atoms with Crippen molar-refractivity contribution < 1.29 is 0 Å². The predicted molar refractivity (Wildman–Crippen MR) is 67.6 cm³/mol. The van der Waals surface area contributed by atoms with Gasteiger partial charge in [0.2, 0.25) is 0 Å². The summed E-state index contributed by atoms with van der Waals surface area (Å²) in [6.45, 7) is 5.75. The minimum absolute atomic E-state index is 0.966. The van der Waals surface area contributed by atoms with E-state index in [9.17, 15) is 0 Å². The number of nitrogens with zero attached hydrogens (tertiary/aromatic N) is 2. The van der Waals surface area contributed by atoms with Gasteiger partial charge in [0.25, 0.3) is 0 Å². The lowest BCUT2D eigenvalue weighted by atomic mass is 10.4. The molecule has 2 heterocycles. The summed E-state index contributed by atoms with van der Waals surface area (Å²) in [4.78, 5) is 7.92. The van der Waals surface area contributed by atoms with Gasteiger partial charge < -0.3 is 10.2 Å². The second-order valence-electron chi connectivity index (χ2n) is 3.60. The van der Waals surface area contributed by atoms with Crippen LogP contribution < -0.4 is 5.32 Å². The summed E-state index contributed by atoms with van der Waals surface area (Å²) >= 11 is 3.79. The van der Waals surface area contributed by atoms with E-state index in [0.717, 1.165) is 13.1 Å². The fourth-order valence-electron chi connectivity index (χ4n) is 1.60. The highest BCUT2D eigenvalue weighted by Crippen LogP contribution is 2.08. The second kappa shape index (κ2) is 6.48. The molecule has 0 saturated carbocycles. The van der Waals surface area contributed by atoms with Crippen LogP contribution in [-0.2, 0) is 6.54 Å². The fourth-order valence-corrected chi connectivity index (χ4v) is 3.15. The Balaban J connectivity index is 1.54. The summed E-state index contributed by atoms with van der Waals surface area (Å²) in [7, 11) is 0. The highest BCUT2D eigenvalue weighted by molar-refractivity contribution is 7.99. The van der Waals surface area contributed by atoms with Crippen molar-refractivity contribution >= 4 is 23.1 Å².